The predicted molar refractivity (Wildman–Crippen MR) is 122 cm³/mol. The second-order valence-corrected chi connectivity index (χ2v) is 6.70. The van der Waals surface area contributed by atoms with E-state index >= 15 is 0 Å². The zero-order chi connectivity index (χ0) is 19.2. The van der Waals surface area contributed by atoms with Crippen molar-refractivity contribution in [2.24, 2.45) is 4.99 Å². The Kier molecular flexibility index (Phi) is 8.22. The summed E-state index contributed by atoms with van der Waals surface area (Å²) >= 11 is 0. The largest absolute Gasteiger partial charge is 0.352 e. The average molecular weight is 496 g/mol. The smallest absolute Gasteiger partial charge is 0.227 e. The molecule has 2 aromatic carbocycles. The van der Waals surface area contributed by atoms with Crippen molar-refractivity contribution in [2.75, 3.05) is 25.5 Å². The van der Waals surface area contributed by atoms with Crippen LogP contribution < -0.4 is 10.2 Å². The van der Waals surface area contributed by atoms with Crippen LogP contribution in [0.1, 0.15) is 24.0 Å². The third-order valence-corrected chi connectivity index (χ3v) is 4.68. The van der Waals surface area contributed by atoms with Crippen LogP contribution in [0.3, 0.4) is 0 Å². The number of hydrogen-bond donors (Lipinski definition) is 1. The molecule has 150 valence electrons. The molecule has 0 atom stereocenters. The Morgan fingerprint density at radius 2 is 1.79 bits per heavy atom. The van der Waals surface area contributed by atoms with Gasteiger partial charge >= 0.3 is 0 Å². The molecular weight excluding hydrogens is 470 g/mol. The monoisotopic (exact) mass is 496 g/mol. The van der Waals surface area contributed by atoms with Crippen LogP contribution in [0.4, 0.5) is 10.1 Å². The Labute approximate surface area is 182 Å². The Morgan fingerprint density at radius 1 is 1.14 bits per heavy atom. The molecule has 0 radical (unpaired) electrons. The van der Waals surface area contributed by atoms with Gasteiger partial charge in [0, 0.05) is 45.8 Å². The lowest BCUT2D eigenvalue weighted by atomic mass is 10.2. The minimum Gasteiger partial charge on any atom is -0.352 e. The number of aliphatic imine (C=N–C) groups is 1. The van der Waals surface area contributed by atoms with Crippen LogP contribution in [0.25, 0.3) is 0 Å². The Hall–Kier alpha value is -2.16. The molecule has 0 aromatic heterocycles. The van der Waals surface area contributed by atoms with Gasteiger partial charge in [-0.15, -0.1) is 24.0 Å². The van der Waals surface area contributed by atoms with Gasteiger partial charge in [-0.25, -0.2) is 4.39 Å². The van der Waals surface area contributed by atoms with E-state index in [9.17, 15) is 9.18 Å². The van der Waals surface area contributed by atoms with Crippen LogP contribution in [0.2, 0.25) is 0 Å². The van der Waals surface area contributed by atoms with E-state index in [1.54, 1.807) is 19.2 Å². The minimum absolute atomic E-state index is 0. The first kappa shape index (κ1) is 22.1. The second kappa shape index (κ2) is 10.4. The summed E-state index contributed by atoms with van der Waals surface area (Å²) in [6, 6.07) is 14.5. The molecule has 2 aromatic rings. The number of carbonyl (C=O) groups excluding carboxylic acids is 1. The lowest BCUT2D eigenvalue weighted by Gasteiger charge is -2.22. The van der Waals surface area contributed by atoms with E-state index in [0.717, 1.165) is 35.7 Å². The molecular formula is C21H26FIN4O. The lowest BCUT2D eigenvalue weighted by molar-refractivity contribution is -0.117. The summed E-state index contributed by atoms with van der Waals surface area (Å²) in [7, 11) is 3.69. The van der Waals surface area contributed by atoms with Crippen molar-refractivity contribution in [1.82, 2.24) is 10.2 Å². The number of benzene rings is 2. The van der Waals surface area contributed by atoms with Gasteiger partial charge in [0.2, 0.25) is 5.91 Å². The molecule has 28 heavy (non-hydrogen) atoms. The quantitative estimate of drug-likeness (QED) is 0.390. The van der Waals surface area contributed by atoms with Crippen LogP contribution >= 0.6 is 24.0 Å². The molecule has 3 rings (SSSR count). The molecule has 1 fully saturated rings. The highest BCUT2D eigenvalue weighted by atomic mass is 127. The molecule has 0 saturated carbocycles. The molecule has 5 nitrogen and oxygen atoms in total. The molecule has 0 bridgehead atoms. The highest BCUT2D eigenvalue weighted by Gasteiger charge is 2.21. The van der Waals surface area contributed by atoms with E-state index in [0.29, 0.717) is 19.5 Å². The number of halogens is 2. The fourth-order valence-corrected chi connectivity index (χ4v) is 3.22. The lowest BCUT2D eigenvalue weighted by Crippen LogP contribution is -2.38. The topological polar surface area (TPSA) is 47.9 Å². The van der Waals surface area contributed by atoms with Gasteiger partial charge in [0.1, 0.15) is 5.82 Å². The first-order valence-electron chi connectivity index (χ1n) is 9.12. The van der Waals surface area contributed by atoms with E-state index in [1.807, 2.05) is 41.1 Å². The van der Waals surface area contributed by atoms with Gasteiger partial charge in [0.25, 0.3) is 0 Å². The summed E-state index contributed by atoms with van der Waals surface area (Å²) < 4.78 is 13.0. The van der Waals surface area contributed by atoms with Gasteiger partial charge in [-0.1, -0.05) is 24.3 Å². The van der Waals surface area contributed by atoms with Gasteiger partial charge in [-0.2, -0.15) is 0 Å². The Bertz CT molecular complexity index is 808. The minimum atomic E-state index is -0.233. The zero-order valence-electron chi connectivity index (χ0n) is 16.2. The average Bonchev–Trinajstić information content (AvgIpc) is 3.10. The normalized spacial score (nSPS) is 14.0. The van der Waals surface area contributed by atoms with Gasteiger partial charge < -0.3 is 15.1 Å². The Morgan fingerprint density at radius 3 is 2.36 bits per heavy atom. The van der Waals surface area contributed by atoms with Crippen LogP contribution in [-0.2, 0) is 17.9 Å². The molecule has 1 aliphatic heterocycles. The molecule has 1 heterocycles. The molecule has 7 heteroatoms. The first-order chi connectivity index (χ1) is 13.1. The number of hydrogen-bond acceptors (Lipinski definition) is 2. The molecule has 1 N–H and O–H groups in total. The fourth-order valence-electron chi connectivity index (χ4n) is 3.22. The van der Waals surface area contributed by atoms with Crippen LogP contribution in [0.15, 0.2) is 53.5 Å². The fraction of sp³-hybridized carbons (Fsp3) is 0.333. The molecule has 0 unspecified atom stereocenters. The van der Waals surface area contributed by atoms with Gasteiger partial charge in [0.15, 0.2) is 5.96 Å². The number of carbonyl (C=O) groups is 1. The van der Waals surface area contributed by atoms with Crippen molar-refractivity contribution in [2.45, 2.75) is 25.9 Å². The highest BCUT2D eigenvalue weighted by Crippen LogP contribution is 2.21. The van der Waals surface area contributed by atoms with E-state index in [1.165, 1.54) is 12.1 Å². The summed E-state index contributed by atoms with van der Waals surface area (Å²) in [5, 5.41) is 3.34. The van der Waals surface area contributed by atoms with E-state index in [4.69, 9.17) is 0 Å². The van der Waals surface area contributed by atoms with Gasteiger partial charge in [0.05, 0.1) is 0 Å². The highest BCUT2D eigenvalue weighted by molar-refractivity contribution is 14.0. The van der Waals surface area contributed by atoms with Crippen molar-refractivity contribution in [3.63, 3.8) is 0 Å². The van der Waals surface area contributed by atoms with Gasteiger partial charge in [-0.05, 0) is 41.8 Å². The number of nitrogens with zero attached hydrogens (tertiary/aromatic N) is 3. The van der Waals surface area contributed by atoms with Crippen molar-refractivity contribution < 1.29 is 9.18 Å². The Balaban J connectivity index is 0.00000280. The van der Waals surface area contributed by atoms with Crippen molar-refractivity contribution in [3.05, 3.63) is 65.5 Å². The van der Waals surface area contributed by atoms with Crippen LogP contribution in [0.5, 0.6) is 0 Å². The third kappa shape index (κ3) is 5.67. The standard InChI is InChI=1S/C21H25FN4O.HI/c1-23-21(25(2)15-17-5-9-18(22)10-6-17)24-14-16-7-11-19(12-8-16)26-13-3-4-20(26)27;/h5-12H,3-4,13-15H2,1-2H3,(H,23,24);1H. The van der Waals surface area contributed by atoms with Crippen molar-refractivity contribution in [3.8, 4) is 0 Å². The first-order valence-corrected chi connectivity index (χ1v) is 9.12. The van der Waals surface area contributed by atoms with E-state index in [2.05, 4.69) is 10.3 Å². The summed E-state index contributed by atoms with van der Waals surface area (Å²) in [5.41, 5.74) is 3.09. The van der Waals surface area contributed by atoms with Crippen LogP contribution in [-0.4, -0.2) is 37.4 Å². The zero-order valence-corrected chi connectivity index (χ0v) is 18.5. The number of rotatable bonds is 5. The van der Waals surface area contributed by atoms with Gasteiger partial charge in [-0.3, -0.25) is 9.79 Å². The summed E-state index contributed by atoms with van der Waals surface area (Å²) in [6.45, 7) is 2.07. The van der Waals surface area contributed by atoms with Crippen molar-refractivity contribution >= 4 is 41.5 Å². The van der Waals surface area contributed by atoms with Crippen molar-refractivity contribution in [1.29, 1.82) is 0 Å². The maximum Gasteiger partial charge on any atom is 0.227 e. The summed E-state index contributed by atoms with van der Waals surface area (Å²) in [4.78, 5) is 20.0. The van der Waals surface area contributed by atoms with E-state index in [-0.39, 0.29) is 35.7 Å². The maximum atomic E-state index is 13.0. The number of amides is 1. The van der Waals surface area contributed by atoms with E-state index < -0.39 is 0 Å². The predicted octanol–water partition coefficient (Wildman–Crippen LogP) is 3.78. The summed E-state index contributed by atoms with van der Waals surface area (Å²) in [6.07, 6.45) is 1.57. The summed E-state index contributed by atoms with van der Waals surface area (Å²) in [5.74, 6) is 0.727. The number of nitrogens with one attached hydrogen (secondary N) is 1. The second-order valence-electron chi connectivity index (χ2n) is 6.70. The molecule has 1 amide bonds. The maximum absolute atomic E-state index is 13.0. The molecule has 0 aliphatic carbocycles. The number of guanidine groups is 1. The molecule has 1 aliphatic rings. The number of anilines is 1. The molecule has 0 spiro atoms. The SMILES string of the molecule is CN=C(NCc1ccc(N2CCCC2=O)cc1)N(C)Cc1ccc(F)cc1.I. The van der Waals surface area contributed by atoms with Crippen LogP contribution in [0, 0.1) is 5.82 Å². The molecule has 1 saturated heterocycles. The third-order valence-electron chi connectivity index (χ3n) is 4.68.